The van der Waals surface area contributed by atoms with Gasteiger partial charge in [-0.15, -0.1) is 0 Å². The topological polar surface area (TPSA) is 75.6 Å². The Bertz CT molecular complexity index is 741. The number of hydrogen-bond donors (Lipinski definition) is 2. The Morgan fingerprint density at radius 2 is 1.95 bits per heavy atom. The molecular formula is C15H17NO4S. The molecule has 0 atom stereocenters. The van der Waals surface area contributed by atoms with E-state index in [1.54, 1.807) is 24.3 Å². The number of ether oxygens (including phenoxy) is 1. The molecule has 2 rings (SSSR count). The first-order valence-electron chi connectivity index (χ1n) is 6.33. The number of aryl methyl sites for hydroxylation is 1. The van der Waals surface area contributed by atoms with Gasteiger partial charge in [-0.3, -0.25) is 4.72 Å². The van der Waals surface area contributed by atoms with Gasteiger partial charge in [-0.25, -0.2) is 8.42 Å². The number of sulfonamides is 1. The molecule has 0 aromatic heterocycles. The van der Waals surface area contributed by atoms with E-state index in [2.05, 4.69) is 4.72 Å². The van der Waals surface area contributed by atoms with Crippen molar-refractivity contribution in [3.8, 4) is 5.75 Å². The Hall–Kier alpha value is -2.05. The van der Waals surface area contributed by atoms with Crippen molar-refractivity contribution in [3.63, 3.8) is 0 Å². The Morgan fingerprint density at radius 3 is 2.57 bits per heavy atom. The zero-order valence-corrected chi connectivity index (χ0v) is 12.6. The third kappa shape index (κ3) is 3.53. The molecule has 0 amide bonds. The fourth-order valence-electron chi connectivity index (χ4n) is 1.95. The maximum Gasteiger partial charge on any atom is 0.265 e. The average molecular weight is 307 g/mol. The summed E-state index contributed by atoms with van der Waals surface area (Å²) in [6.45, 7) is 1.64. The van der Waals surface area contributed by atoms with Crippen LogP contribution in [0.15, 0.2) is 47.4 Å². The van der Waals surface area contributed by atoms with E-state index in [0.717, 1.165) is 5.56 Å². The van der Waals surface area contributed by atoms with Crippen LogP contribution in [0.3, 0.4) is 0 Å². The van der Waals surface area contributed by atoms with Crippen molar-refractivity contribution in [2.24, 2.45) is 0 Å². The summed E-state index contributed by atoms with van der Waals surface area (Å²) in [7, 11) is -2.39. The van der Waals surface area contributed by atoms with Crippen LogP contribution in [0.2, 0.25) is 0 Å². The van der Waals surface area contributed by atoms with Crippen LogP contribution >= 0.6 is 0 Å². The molecule has 5 nitrogen and oxygen atoms in total. The fourth-order valence-corrected chi connectivity index (χ4v) is 3.22. The van der Waals surface area contributed by atoms with E-state index in [9.17, 15) is 8.42 Å². The minimum Gasteiger partial charge on any atom is -0.495 e. The van der Waals surface area contributed by atoms with Gasteiger partial charge >= 0.3 is 0 Å². The number of rotatable bonds is 5. The lowest BCUT2D eigenvalue weighted by atomic mass is 10.2. The molecule has 0 aliphatic rings. The second-order valence-corrected chi connectivity index (χ2v) is 6.27. The highest BCUT2D eigenvalue weighted by atomic mass is 32.2. The fraction of sp³-hybridized carbons (Fsp3) is 0.200. The first kappa shape index (κ1) is 15.3. The molecule has 0 aliphatic carbocycles. The van der Waals surface area contributed by atoms with E-state index in [1.165, 1.54) is 19.2 Å². The van der Waals surface area contributed by atoms with Crippen LogP contribution in [-0.2, 0) is 16.6 Å². The molecule has 6 heteroatoms. The van der Waals surface area contributed by atoms with Gasteiger partial charge in [-0.2, -0.15) is 0 Å². The standard InChI is InChI=1S/C15H17NO4S/c1-11-4-3-5-13(8-11)16-21(18,19)15-9-12(10-17)6-7-14(15)20-2/h3-9,16-17H,10H2,1-2H3. The molecule has 0 radical (unpaired) electrons. The molecule has 0 fully saturated rings. The summed E-state index contributed by atoms with van der Waals surface area (Å²) in [6.07, 6.45) is 0. The van der Waals surface area contributed by atoms with E-state index in [1.807, 2.05) is 13.0 Å². The molecular weight excluding hydrogens is 290 g/mol. The third-order valence-electron chi connectivity index (χ3n) is 2.97. The van der Waals surface area contributed by atoms with E-state index in [0.29, 0.717) is 11.3 Å². The first-order chi connectivity index (χ1) is 9.96. The van der Waals surface area contributed by atoms with Gasteiger partial charge in [-0.05, 0) is 42.3 Å². The molecule has 2 aromatic rings. The zero-order valence-electron chi connectivity index (χ0n) is 11.8. The van der Waals surface area contributed by atoms with Crippen LogP contribution in [0.4, 0.5) is 5.69 Å². The van der Waals surface area contributed by atoms with E-state index < -0.39 is 10.0 Å². The quantitative estimate of drug-likeness (QED) is 0.888. The minimum atomic E-state index is -3.79. The van der Waals surface area contributed by atoms with Crippen LogP contribution in [0, 0.1) is 6.92 Å². The van der Waals surface area contributed by atoms with Gasteiger partial charge in [0.25, 0.3) is 10.0 Å². The smallest absolute Gasteiger partial charge is 0.265 e. The summed E-state index contributed by atoms with van der Waals surface area (Å²) in [5.74, 6) is 0.229. The number of aliphatic hydroxyl groups is 1. The molecule has 0 saturated heterocycles. The molecule has 0 unspecified atom stereocenters. The molecule has 0 heterocycles. The number of aliphatic hydroxyl groups excluding tert-OH is 1. The van der Waals surface area contributed by atoms with Crippen molar-refractivity contribution >= 4 is 15.7 Å². The maximum absolute atomic E-state index is 12.5. The first-order valence-corrected chi connectivity index (χ1v) is 7.82. The minimum absolute atomic E-state index is 0.00180. The van der Waals surface area contributed by atoms with Gasteiger partial charge in [0.2, 0.25) is 0 Å². The molecule has 112 valence electrons. The largest absolute Gasteiger partial charge is 0.495 e. The normalized spacial score (nSPS) is 11.2. The monoisotopic (exact) mass is 307 g/mol. The number of anilines is 1. The second-order valence-electron chi connectivity index (χ2n) is 4.62. The van der Waals surface area contributed by atoms with Gasteiger partial charge in [0, 0.05) is 5.69 Å². The molecule has 0 aliphatic heterocycles. The van der Waals surface area contributed by atoms with Gasteiger partial charge < -0.3 is 9.84 Å². The van der Waals surface area contributed by atoms with Crippen molar-refractivity contribution < 1.29 is 18.3 Å². The van der Waals surface area contributed by atoms with Crippen molar-refractivity contribution in [1.82, 2.24) is 0 Å². The number of hydrogen-bond acceptors (Lipinski definition) is 4. The number of methoxy groups -OCH3 is 1. The van der Waals surface area contributed by atoms with Crippen molar-refractivity contribution in [3.05, 3.63) is 53.6 Å². The second kappa shape index (κ2) is 6.15. The van der Waals surface area contributed by atoms with Crippen LogP contribution in [0.5, 0.6) is 5.75 Å². The zero-order chi connectivity index (χ0) is 15.5. The van der Waals surface area contributed by atoms with Crippen LogP contribution in [0.25, 0.3) is 0 Å². The molecule has 0 spiro atoms. The molecule has 21 heavy (non-hydrogen) atoms. The summed E-state index contributed by atoms with van der Waals surface area (Å²) < 4.78 is 32.6. The lowest BCUT2D eigenvalue weighted by Gasteiger charge is -2.13. The summed E-state index contributed by atoms with van der Waals surface area (Å²) in [5, 5.41) is 9.16. The average Bonchev–Trinajstić information content (AvgIpc) is 2.46. The summed E-state index contributed by atoms with van der Waals surface area (Å²) in [6, 6.07) is 11.6. The number of nitrogens with one attached hydrogen (secondary N) is 1. The van der Waals surface area contributed by atoms with Crippen molar-refractivity contribution in [2.45, 2.75) is 18.4 Å². The van der Waals surface area contributed by atoms with Crippen LogP contribution < -0.4 is 9.46 Å². The van der Waals surface area contributed by atoms with Gasteiger partial charge in [0.15, 0.2) is 0 Å². The predicted molar refractivity (Wildman–Crippen MR) is 80.9 cm³/mol. The highest BCUT2D eigenvalue weighted by Gasteiger charge is 2.20. The Kier molecular flexibility index (Phi) is 4.50. The van der Waals surface area contributed by atoms with Gasteiger partial charge in [0.1, 0.15) is 10.6 Å². The molecule has 0 bridgehead atoms. The third-order valence-corrected chi connectivity index (χ3v) is 4.37. The van der Waals surface area contributed by atoms with E-state index in [4.69, 9.17) is 9.84 Å². The number of benzene rings is 2. The molecule has 2 aromatic carbocycles. The summed E-state index contributed by atoms with van der Waals surface area (Å²) in [5.41, 5.74) is 1.93. The predicted octanol–water partition coefficient (Wildman–Crippen LogP) is 2.30. The van der Waals surface area contributed by atoms with E-state index in [-0.39, 0.29) is 17.3 Å². The lowest BCUT2D eigenvalue weighted by molar-refractivity contribution is 0.281. The van der Waals surface area contributed by atoms with Gasteiger partial charge in [-0.1, -0.05) is 18.2 Å². The van der Waals surface area contributed by atoms with E-state index >= 15 is 0 Å². The van der Waals surface area contributed by atoms with Gasteiger partial charge in [0.05, 0.1) is 13.7 Å². The Balaban J connectivity index is 2.43. The lowest BCUT2D eigenvalue weighted by Crippen LogP contribution is -2.14. The molecule has 2 N–H and O–H groups in total. The summed E-state index contributed by atoms with van der Waals surface area (Å²) in [4.78, 5) is -0.00180. The maximum atomic E-state index is 12.5. The summed E-state index contributed by atoms with van der Waals surface area (Å²) >= 11 is 0. The Morgan fingerprint density at radius 1 is 1.19 bits per heavy atom. The van der Waals surface area contributed by atoms with Crippen LogP contribution in [-0.4, -0.2) is 20.6 Å². The molecule has 0 saturated carbocycles. The van der Waals surface area contributed by atoms with Crippen molar-refractivity contribution in [1.29, 1.82) is 0 Å². The highest BCUT2D eigenvalue weighted by molar-refractivity contribution is 7.92. The van der Waals surface area contributed by atoms with Crippen LogP contribution in [0.1, 0.15) is 11.1 Å². The highest BCUT2D eigenvalue weighted by Crippen LogP contribution is 2.27. The Labute approximate surface area is 124 Å². The van der Waals surface area contributed by atoms with Crippen molar-refractivity contribution in [2.75, 3.05) is 11.8 Å². The SMILES string of the molecule is COc1ccc(CO)cc1S(=O)(=O)Nc1cccc(C)c1.